The molecule has 1 unspecified atom stereocenters. The molecule has 1 aromatic carbocycles. The van der Waals surface area contributed by atoms with Gasteiger partial charge in [-0.2, -0.15) is 0 Å². The summed E-state index contributed by atoms with van der Waals surface area (Å²) in [7, 11) is 0. The number of rotatable bonds is 3. The Kier molecular flexibility index (Phi) is 2.80. The molecule has 0 radical (unpaired) electrons. The van der Waals surface area contributed by atoms with Crippen molar-refractivity contribution in [1.82, 2.24) is 5.43 Å². The second kappa shape index (κ2) is 4.25. The monoisotopic (exact) mass is 206 g/mol. The van der Waals surface area contributed by atoms with Crippen LogP contribution in [0.2, 0.25) is 0 Å². The molecular weight excluding hydrogens is 195 g/mol. The van der Waals surface area contributed by atoms with Crippen LogP contribution in [0.15, 0.2) is 47.3 Å². The van der Waals surface area contributed by atoms with Crippen molar-refractivity contribution in [3.05, 3.63) is 59.8 Å². The van der Waals surface area contributed by atoms with E-state index in [1.165, 1.54) is 18.6 Å². The molecule has 1 aromatic heterocycles. The lowest BCUT2D eigenvalue weighted by atomic mass is 10.0. The molecule has 0 saturated carbocycles. The van der Waals surface area contributed by atoms with Crippen LogP contribution in [-0.2, 0) is 0 Å². The number of hydrogen-bond acceptors (Lipinski definition) is 3. The third kappa shape index (κ3) is 1.91. The van der Waals surface area contributed by atoms with Crippen molar-refractivity contribution in [3.8, 4) is 0 Å². The first-order valence-electron chi connectivity index (χ1n) is 4.55. The normalized spacial score (nSPS) is 12.7. The first-order valence-corrected chi connectivity index (χ1v) is 4.55. The van der Waals surface area contributed by atoms with Gasteiger partial charge in [-0.15, -0.1) is 0 Å². The smallest absolute Gasteiger partial charge is 0.128 e. The molecule has 2 aromatic rings. The van der Waals surface area contributed by atoms with Gasteiger partial charge in [0.15, 0.2) is 0 Å². The SMILES string of the molecule is NNC(c1ccoc1)c1ccccc1F. The van der Waals surface area contributed by atoms with E-state index in [9.17, 15) is 4.39 Å². The highest BCUT2D eigenvalue weighted by Crippen LogP contribution is 2.23. The third-order valence-corrected chi connectivity index (χ3v) is 2.26. The topological polar surface area (TPSA) is 51.2 Å². The standard InChI is InChI=1S/C11H11FN2O/c12-10-4-2-1-3-9(10)11(14-13)8-5-6-15-7-8/h1-7,11,14H,13H2. The van der Waals surface area contributed by atoms with E-state index in [1.807, 2.05) is 0 Å². The number of halogens is 1. The molecule has 78 valence electrons. The van der Waals surface area contributed by atoms with E-state index in [4.69, 9.17) is 10.3 Å². The summed E-state index contributed by atoms with van der Waals surface area (Å²) in [6.45, 7) is 0. The maximum atomic E-state index is 13.5. The fraction of sp³-hybridized carbons (Fsp3) is 0.0909. The minimum atomic E-state index is -0.384. The lowest BCUT2D eigenvalue weighted by Gasteiger charge is -2.14. The molecule has 0 bridgehead atoms. The zero-order valence-electron chi connectivity index (χ0n) is 7.98. The summed E-state index contributed by atoms with van der Waals surface area (Å²) in [4.78, 5) is 0. The summed E-state index contributed by atoms with van der Waals surface area (Å²) in [5, 5.41) is 0. The van der Waals surface area contributed by atoms with Crippen LogP contribution in [0.25, 0.3) is 0 Å². The summed E-state index contributed by atoms with van der Waals surface area (Å²) in [6, 6.07) is 7.86. The van der Waals surface area contributed by atoms with Gasteiger partial charge in [0.2, 0.25) is 0 Å². The highest BCUT2D eigenvalue weighted by Gasteiger charge is 2.16. The van der Waals surface area contributed by atoms with Gasteiger partial charge in [-0.3, -0.25) is 5.84 Å². The van der Waals surface area contributed by atoms with Gasteiger partial charge in [0.05, 0.1) is 18.6 Å². The van der Waals surface area contributed by atoms with Crippen LogP contribution >= 0.6 is 0 Å². The van der Waals surface area contributed by atoms with Crippen molar-refractivity contribution in [2.75, 3.05) is 0 Å². The first kappa shape index (κ1) is 9.89. The van der Waals surface area contributed by atoms with Gasteiger partial charge in [0.1, 0.15) is 5.82 Å². The van der Waals surface area contributed by atoms with Crippen LogP contribution in [0.3, 0.4) is 0 Å². The Bertz CT molecular complexity index is 428. The van der Waals surface area contributed by atoms with E-state index in [0.29, 0.717) is 5.56 Å². The number of hydrazine groups is 1. The van der Waals surface area contributed by atoms with Crippen molar-refractivity contribution in [2.45, 2.75) is 6.04 Å². The molecule has 0 aliphatic heterocycles. The van der Waals surface area contributed by atoms with Crippen molar-refractivity contribution in [3.63, 3.8) is 0 Å². The molecule has 0 aliphatic carbocycles. The summed E-state index contributed by atoms with van der Waals surface area (Å²) >= 11 is 0. The average Bonchev–Trinajstić information content (AvgIpc) is 2.75. The second-order valence-electron chi connectivity index (χ2n) is 3.18. The third-order valence-electron chi connectivity index (χ3n) is 2.26. The summed E-state index contributed by atoms with van der Waals surface area (Å²) in [5.74, 6) is 5.12. The van der Waals surface area contributed by atoms with E-state index in [-0.39, 0.29) is 11.9 Å². The van der Waals surface area contributed by atoms with Gasteiger partial charge in [0.25, 0.3) is 0 Å². The highest BCUT2D eigenvalue weighted by molar-refractivity contribution is 5.30. The molecule has 1 atom stereocenters. The average molecular weight is 206 g/mol. The van der Waals surface area contributed by atoms with Gasteiger partial charge >= 0.3 is 0 Å². The van der Waals surface area contributed by atoms with E-state index in [2.05, 4.69) is 5.43 Å². The molecule has 0 saturated heterocycles. The lowest BCUT2D eigenvalue weighted by molar-refractivity contribution is 0.539. The van der Waals surface area contributed by atoms with Crippen LogP contribution in [-0.4, -0.2) is 0 Å². The quantitative estimate of drug-likeness (QED) is 0.596. The van der Waals surface area contributed by atoms with Crippen molar-refractivity contribution in [2.24, 2.45) is 5.84 Å². The fourth-order valence-electron chi connectivity index (χ4n) is 1.51. The highest BCUT2D eigenvalue weighted by atomic mass is 19.1. The van der Waals surface area contributed by atoms with Gasteiger partial charge in [-0.05, 0) is 12.1 Å². The van der Waals surface area contributed by atoms with Crippen molar-refractivity contribution < 1.29 is 8.81 Å². The van der Waals surface area contributed by atoms with Crippen molar-refractivity contribution >= 4 is 0 Å². The number of furan rings is 1. The number of hydrogen-bond donors (Lipinski definition) is 2. The Labute approximate surface area is 86.7 Å². The minimum Gasteiger partial charge on any atom is -0.472 e. The van der Waals surface area contributed by atoms with Gasteiger partial charge in [0, 0.05) is 11.1 Å². The molecular formula is C11H11FN2O. The first-order chi connectivity index (χ1) is 7.33. The number of nitrogens with two attached hydrogens (primary N) is 1. The number of benzene rings is 1. The molecule has 0 spiro atoms. The van der Waals surface area contributed by atoms with Crippen LogP contribution in [0.4, 0.5) is 4.39 Å². The van der Waals surface area contributed by atoms with Crippen LogP contribution in [0.5, 0.6) is 0 Å². The molecule has 3 nitrogen and oxygen atoms in total. The Morgan fingerprint density at radius 1 is 1.27 bits per heavy atom. The van der Waals surface area contributed by atoms with E-state index < -0.39 is 0 Å². The predicted molar refractivity (Wildman–Crippen MR) is 54.3 cm³/mol. The summed E-state index contributed by atoms with van der Waals surface area (Å²) in [6.07, 6.45) is 3.07. The zero-order valence-corrected chi connectivity index (χ0v) is 7.98. The summed E-state index contributed by atoms with van der Waals surface area (Å²) < 4.78 is 18.4. The Hall–Kier alpha value is -1.65. The van der Waals surface area contributed by atoms with E-state index >= 15 is 0 Å². The zero-order chi connectivity index (χ0) is 10.7. The Balaban J connectivity index is 2.40. The number of nitrogens with one attached hydrogen (secondary N) is 1. The van der Waals surface area contributed by atoms with Gasteiger partial charge in [-0.1, -0.05) is 18.2 Å². The maximum Gasteiger partial charge on any atom is 0.128 e. The molecule has 15 heavy (non-hydrogen) atoms. The van der Waals surface area contributed by atoms with E-state index in [1.54, 1.807) is 24.3 Å². The summed E-state index contributed by atoms with van der Waals surface area (Å²) in [5.41, 5.74) is 3.86. The van der Waals surface area contributed by atoms with Crippen LogP contribution in [0.1, 0.15) is 17.2 Å². The lowest BCUT2D eigenvalue weighted by Crippen LogP contribution is -2.29. The predicted octanol–water partition coefficient (Wildman–Crippen LogP) is 1.97. The molecule has 0 fully saturated rings. The Morgan fingerprint density at radius 3 is 2.67 bits per heavy atom. The molecule has 3 N–H and O–H groups in total. The molecule has 0 aliphatic rings. The second-order valence-corrected chi connectivity index (χ2v) is 3.18. The van der Waals surface area contributed by atoms with Crippen molar-refractivity contribution in [1.29, 1.82) is 0 Å². The largest absolute Gasteiger partial charge is 0.472 e. The van der Waals surface area contributed by atoms with Crippen LogP contribution < -0.4 is 11.3 Å². The Morgan fingerprint density at radius 2 is 2.07 bits per heavy atom. The molecule has 2 rings (SSSR count). The van der Waals surface area contributed by atoms with Gasteiger partial charge in [-0.25, -0.2) is 9.82 Å². The molecule has 4 heteroatoms. The molecule has 1 heterocycles. The van der Waals surface area contributed by atoms with Gasteiger partial charge < -0.3 is 4.42 Å². The van der Waals surface area contributed by atoms with Crippen LogP contribution in [0, 0.1) is 5.82 Å². The molecule has 0 amide bonds. The van der Waals surface area contributed by atoms with E-state index in [0.717, 1.165) is 5.56 Å². The maximum absolute atomic E-state index is 13.5. The fourth-order valence-corrected chi connectivity index (χ4v) is 1.51. The minimum absolute atomic E-state index is 0.290.